The molecule has 0 fully saturated rings. The standard InChI is InChI=1S/C15H24O6.C3H4O4/c1-11(7-5-6-8-13(16)19-2)9-10-12(14(17)20-3)15(18)21-4;4-2(5)1-3(6)7/h7,12H,5-6,8-10H2,1-4H3;1H2,(H,4,5)(H,6,7). The van der Waals surface area contributed by atoms with E-state index in [0.717, 1.165) is 12.0 Å². The van der Waals surface area contributed by atoms with E-state index in [1.165, 1.54) is 21.3 Å². The lowest BCUT2D eigenvalue weighted by Gasteiger charge is -2.12. The number of esters is 3. The van der Waals surface area contributed by atoms with Crippen LogP contribution in [0.25, 0.3) is 0 Å². The van der Waals surface area contributed by atoms with Crippen molar-refractivity contribution in [3.63, 3.8) is 0 Å². The number of allylic oxidation sites excluding steroid dienone is 2. The van der Waals surface area contributed by atoms with E-state index in [1.54, 1.807) is 0 Å². The van der Waals surface area contributed by atoms with Crippen molar-refractivity contribution in [1.82, 2.24) is 0 Å². The largest absolute Gasteiger partial charge is 0.481 e. The van der Waals surface area contributed by atoms with Crippen LogP contribution >= 0.6 is 0 Å². The summed E-state index contributed by atoms with van der Waals surface area (Å²) in [5, 5.41) is 15.4. The number of methoxy groups -OCH3 is 3. The quantitative estimate of drug-likeness (QED) is 0.170. The van der Waals surface area contributed by atoms with Gasteiger partial charge in [0.2, 0.25) is 0 Å². The number of carboxylic acids is 2. The molecule has 0 heterocycles. The fourth-order valence-electron chi connectivity index (χ4n) is 1.92. The Bertz CT molecular complexity index is 537. The van der Waals surface area contributed by atoms with Crippen LogP contribution in [0.1, 0.15) is 45.4 Å². The van der Waals surface area contributed by atoms with E-state index < -0.39 is 36.2 Å². The van der Waals surface area contributed by atoms with Crippen LogP contribution in [0, 0.1) is 5.92 Å². The average molecular weight is 404 g/mol. The number of hydrogen-bond donors (Lipinski definition) is 2. The Morgan fingerprint density at radius 3 is 1.71 bits per heavy atom. The van der Waals surface area contributed by atoms with Gasteiger partial charge in [-0.25, -0.2) is 0 Å². The molecule has 0 rings (SSSR count). The second-order valence-corrected chi connectivity index (χ2v) is 5.62. The molecule has 0 saturated heterocycles. The SMILES string of the molecule is COC(=O)CCCC=C(C)CCC(C(=O)OC)C(=O)OC.O=C(O)CC(=O)O. The molecule has 10 nitrogen and oxygen atoms in total. The molecule has 0 aromatic carbocycles. The summed E-state index contributed by atoms with van der Waals surface area (Å²) in [7, 11) is 3.85. The topological polar surface area (TPSA) is 154 Å². The van der Waals surface area contributed by atoms with Gasteiger partial charge in [-0.2, -0.15) is 0 Å². The van der Waals surface area contributed by atoms with Gasteiger partial charge in [-0.15, -0.1) is 0 Å². The van der Waals surface area contributed by atoms with Gasteiger partial charge >= 0.3 is 29.8 Å². The molecular weight excluding hydrogens is 376 g/mol. The van der Waals surface area contributed by atoms with Crippen molar-refractivity contribution in [2.75, 3.05) is 21.3 Å². The van der Waals surface area contributed by atoms with E-state index >= 15 is 0 Å². The van der Waals surface area contributed by atoms with Crippen molar-refractivity contribution in [2.24, 2.45) is 5.92 Å². The molecule has 28 heavy (non-hydrogen) atoms. The van der Waals surface area contributed by atoms with Gasteiger partial charge in [-0.05, 0) is 32.6 Å². The maximum atomic E-state index is 11.5. The van der Waals surface area contributed by atoms with E-state index in [4.69, 9.17) is 10.2 Å². The number of aliphatic carboxylic acids is 2. The lowest BCUT2D eigenvalue weighted by Crippen LogP contribution is -2.26. The summed E-state index contributed by atoms with van der Waals surface area (Å²) < 4.78 is 13.7. The lowest BCUT2D eigenvalue weighted by atomic mass is 9.99. The Labute approximate surface area is 163 Å². The summed E-state index contributed by atoms with van der Waals surface area (Å²) in [5.74, 6) is -4.91. The number of rotatable bonds is 11. The van der Waals surface area contributed by atoms with Gasteiger partial charge in [-0.1, -0.05) is 11.6 Å². The first-order valence-corrected chi connectivity index (χ1v) is 8.40. The minimum atomic E-state index is -1.31. The van der Waals surface area contributed by atoms with E-state index in [-0.39, 0.29) is 5.97 Å². The highest BCUT2D eigenvalue weighted by Crippen LogP contribution is 2.16. The number of carbonyl (C=O) groups excluding carboxylic acids is 3. The molecule has 0 unspecified atom stereocenters. The number of ether oxygens (including phenoxy) is 3. The van der Waals surface area contributed by atoms with Gasteiger partial charge in [0.25, 0.3) is 0 Å². The van der Waals surface area contributed by atoms with Crippen LogP contribution < -0.4 is 0 Å². The minimum Gasteiger partial charge on any atom is -0.481 e. The van der Waals surface area contributed by atoms with E-state index in [9.17, 15) is 24.0 Å². The first-order valence-electron chi connectivity index (χ1n) is 8.40. The normalized spacial score (nSPS) is 10.4. The van der Waals surface area contributed by atoms with E-state index in [1.807, 2.05) is 13.0 Å². The van der Waals surface area contributed by atoms with Crippen LogP contribution in [0.5, 0.6) is 0 Å². The highest BCUT2D eigenvalue weighted by atomic mass is 16.5. The molecule has 0 atom stereocenters. The van der Waals surface area contributed by atoms with Crippen molar-refractivity contribution in [3.8, 4) is 0 Å². The molecule has 0 amide bonds. The summed E-state index contributed by atoms with van der Waals surface area (Å²) in [5.41, 5.74) is 1.05. The maximum absolute atomic E-state index is 11.5. The molecule has 0 aliphatic carbocycles. The third-order valence-electron chi connectivity index (χ3n) is 3.41. The number of hydrogen-bond acceptors (Lipinski definition) is 8. The van der Waals surface area contributed by atoms with E-state index in [0.29, 0.717) is 25.7 Å². The lowest BCUT2D eigenvalue weighted by molar-refractivity contribution is -0.159. The van der Waals surface area contributed by atoms with Gasteiger partial charge in [0, 0.05) is 6.42 Å². The van der Waals surface area contributed by atoms with Crippen molar-refractivity contribution in [2.45, 2.75) is 45.4 Å². The second kappa shape index (κ2) is 16.3. The maximum Gasteiger partial charge on any atom is 0.320 e. The molecule has 0 aliphatic heterocycles. The molecule has 160 valence electrons. The van der Waals surface area contributed by atoms with Gasteiger partial charge in [-0.3, -0.25) is 24.0 Å². The third kappa shape index (κ3) is 15.4. The highest BCUT2D eigenvalue weighted by molar-refractivity contribution is 5.94. The van der Waals surface area contributed by atoms with Crippen molar-refractivity contribution in [1.29, 1.82) is 0 Å². The Morgan fingerprint density at radius 2 is 1.36 bits per heavy atom. The summed E-state index contributed by atoms with van der Waals surface area (Å²) in [4.78, 5) is 52.8. The molecule has 0 spiro atoms. The summed E-state index contributed by atoms with van der Waals surface area (Å²) >= 11 is 0. The minimum absolute atomic E-state index is 0.225. The first kappa shape index (κ1) is 27.3. The summed E-state index contributed by atoms with van der Waals surface area (Å²) in [6.45, 7) is 1.92. The zero-order valence-electron chi connectivity index (χ0n) is 16.6. The molecule has 0 aromatic rings. The number of unbranched alkanes of at least 4 members (excludes halogenated alkanes) is 1. The van der Waals surface area contributed by atoms with Crippen LogP contribution in [-0.2, 0) is 38.2 Å². The third-order valence-corrected chi connectivity index (χ3v) is 3.41. The fraction of sp³-hybridized carbons (Fsp3) is 0.611. The molecule has 0 saturated carbocycles. The van der Waals surface area contributed by atoms with Gasteiger partial charge in [0.15, 0.2) is 5.92 Å². The Morgan fingerprint density at radius 1 is 0.857 bits per heavy atom. The van der Waals surface area contributed by atoms with Crippen LogP contribution in [0.15, 0.2) is 11.6 Å². The predicted molar refractivity (Wildman–Crippen MR) is 96.3 cm³/mol. The van der Waals surface area contributed by atoms with Crippen LogP contribution in [0.2, 0.25) is 0 Å². The second-order valence-electron chi connectivity index (χ2n) is 5.62. The van der Waals surface area contributed by atoms with Crippen LogP contribution in [0.3, 0.4) is 0 Å². The average Bonchev–Trinajstić information content (AvgIpc) is 2.63. The highest BCUT2D eigenvalue weighted by Gasteiger charge is 2.27. The predicted octanol–water partition coefficient (Wildman–Crippen LogP) is 1.56. The zero-order chi connectivity index (χ0) is 22.1. The molecule has 0 bridgehead atoms. The van der Waals surface area contributed by atoms with Gasteiger partial charge in [0.1, 0.15) is 6.42 Å². The van der Waals surface area contributed by atoms with E-state index in [2.05, 4.69) is 14.2 Å². The van der Waals surface area contributed by atoms with Gasteiger partial charge < -0.3 is 24.4 Å². The smallest absolute Gasteiger partial charge is 0.320 e. The monoisotopic (exact) mass is 404 g/mol. The zero-order valence-corrected chi connectivity index (χ0v) is 16.6. The first-order chi connectivity index (χ1) is 13.1. The van der Waals surface area contributed by atoms with Crippen molar-refractivity contribution >= 4 is 29.8 Å². The van der Waals surface area contributed by atoms with Gasteiger partial charge in [0.05, 0.1) is 21.3 Å². The summed E-state index contributed by atoms with van der Waals surface area (Å²) in [6, 6.07) is 0. The molecule has 0 radical (unpaired) electrons. The van der Waals surface area contributed by atoms with Crippen LogP contribution in [-0.4, -0.2) is 61.4 Å². The molecule has 0 aromatic heterocycles. The van der Waals surface area contributed by atoms with Crippen molar-refractivity contribution < 1.29 is 48.4 Å². The number of carbonyl (C=O) groups is 5. The summed E-state index contributed by atoms with van der Waals surface area (Å²) in [6.07, 6.45) is 3.97. The molecular formula is C18H28O10. The van der Waals surface area contributed by atoms with Crippen molar-refractivity contribution in [3.05, 3.63) is 11.6 Å². The Balaban J connectivity index is 0. The fourth-order valence-corrected chi connectivity index (χ4v) is 1.92. The van der Waals surface area contributed by atoms with Crippen LogP contribution in [0.4, 0.5) is 0 Å². The molecule has 10 heteroatoms. The Kier molecular flexibility index (Phi) is 15.9. The molecule has 2 N–H and O–H groups in total. The molecule has 0 aliphatic rings. The number of carboxylic acid groups (broad SMARTS) is 2. The Hall–Kier alpha value is -2.91.